The van der Waals surface area contributed by atoms with Crippen molar-refractivity contribution in [2.24, 2.45) is 42.3 Å². The lowest BCUT2D eigenvalue weighted by Crippen LogP contribution is -1.87. The van der Waals surface area contributed by atoms with Crippen LogP contribution in [0, 0.1) is 0 Å². The predicted octanol–water partition coefficient (Wildman–Crippen LogP) is 29.8. The minimum Gasteiger partial charge on any atom is -0.354 e. The van der Waals surface area contributed by atoms with Crippen LogP contribution in [-0.2, 0) is 42.3 Å². The molecule has 0 saturated heterocycles. The number of hydrogen-bond donors (Lipinski definition) is 6. The molecule has 30 aromatic rings. The van der Waals surface area contributed by atoms with E-state index in [-0.39, 0.29) is 0 Å². The summed E-state index contributed by atoms with van der Waals surface area (Å²) in [6.07, 6.45) is 0. The maximum Gasteiger partial charge on any atom is 0.0734 e. The summed E-state index contributed by atoms with van der Waals surface area (Å²) in [5, 5.41) is 31.5. The van der Waals surface area contributed by atoms with Crippen molar-refractivity contribution < 1.29 is 0 Å². The third-order valence-corrected chi connectivity index (χ3v) is 27.3. The van der Waals surface area contributed by atoms with Gasteiger partial charge in [-0.15, -0.1) is 0 Å². The van der Waals surface area contributed by atoms with E-state index in [2.05, 4.69) is 464 Å². The van der Waals surface area contributed by atoms with Crippen molar-refractivity contribution in [2.75, 3.05) is 0 Å². The van der Waals surface area contributed by atoms with Crippen LogP contribution in [0.15, 0.2) is 364 Å². The molecule has 0 aliphatic heterocycles. The largest absolute Gasteiger partial charge is 0.354 e. The molecule has 0 aliphatic rings. The highest BCUT2D eigenvalue weighted by molar-refractivity contribution is 6.30. The van der Waals surface area contributed by atoms with Gasteiger partial charge in [0, 0.05) is 271 Å². The van der Waals surface area contributed by atoms with Gasteiger partial charge >= 0.3 is 0 Å². The number of benzene rings is 18. The van der Waals surface area contributed by atoms with Gasteiger partial charge in [-0.1, -0.05) is 243 Å². The van der Waals surface area contributed by atoms with Crippen LogP contribution in [0.5, 0.6) is 0 Å². The van der Waals surface area contributed by atoms with Gasteiger partial charge in [-0.05, 0) is 121 Å². The van der Waals surface area contributed by atoms with Crippen molar-refractivity contribution in [1.82, 2.24) is 57.3 Å². The van der Waals surface area contributed by atoms with Gasteiger partial charge in [-0.3, -0.25) is 0 Å². The van der Waals surface area contributed by atoms with Crippen molar-refractivity contribution in [1.29, 1.82) is 0 Å². The topological polar surface area (TPSA) is 124 Å². The van der Waals surface area contributed by atoms with Gasteiger partial charge in [0.25, 0.3) is 0 Å². The number of aromatic nitrogens is 12. The summed E-state index contributed by atoms with van der Waals surface area (Å²) in [6.45, 7) is 0. The highest BCUT2D eigenvalue weighted by atomic mass is 15.0. The van der Waals surface area contributed by atoms with E-state index in [1.807, 2.05) is 0 Å². The standard InChI is InChI=1S/6C19H14N2/c1-21-17-9-5-3-6-12(17)13-10-11-16-18(19(13)21)14-7-2-4-8-15(14)20-16;1-21-18-9-5-3-7-13(18)15-10-17-14(11-19(15)21)12-6-2-4-8-16(12)20-17;1-21-18-9-5-3-7-13(18)15-10-14-12-6-2-4-8-16(12)20-17(14)11-19(15)21;1-21-16-9-5-3-7-14(16)18-17(21)11-10-13-12-6-2-4-8-15(12)20-19(13)18;1-21-17-9-5-3-7-13(17)15-11-10-14-12-6-2-4-8-16(12)20-18(14)19(15)21;1-21-16-9-5-3-7-13(16)19-17(21)11-10-15-18(19)12-6-2-4-8-14(12)20-15/h6*2-11,20H,1H3. The van der Waals surface area contributed by atoms with Crippen molar-refractivity contribution in [3.05, 3.63) is 364 Å². The second-order valence-electron chi connectivity index (χ2n) is 33.8. The maximum atomic E-state index is 3.61. The number of aryl methyl sites for hydroxylation is 6. The highest BCUT2D eigenvalue weighted by Crippen LogP contribution is 2.44. The normalized spacial score (nSPS) is 12.0. The summed E-state index contributed by atoms with van der Waals surface area (Å²) in [6, 6.07) is 130. The summed E-state index contributed by atoms with van der Waals surface area (Å²) in [7, 11) is 12.9. The van der Waals surface area contributed by atoms with E-state index < -0.39 is 0 Å². The molecule has 18 aromatic carbocycles. The number of aromatic amines is 6. The molecule has 126 heavy (non-hydrogen) atoms. The van der Waals surface area contributed by atoms with Crippen molar-refractivity contribution >= 4 is 262 Å². The monoisotopic (exact) mass is 1620 g/mol. The average Bonchev–Trinajstić information content (AvgIpc) is 1.58. The molecule has 0 saturated carbocycles. The smallest absolute Gasteiger partial charge is 0.0734 e. The molecular weight excluding hydrogens is 1540 g/mol. The zero-order valence-corrected chi connectivity index (χ0v) is 70.3. The fourth-order valence-corrected chi connectivity index (χ4v) is 21.4. The van der Waals surface area contributed by atoms with Crippen molar-refractivity contribution in [3.8, 4) is 0 Å². The van der Waals surface area contributed by atoms with Gasteiger partial charge in [-0.25, -0.2) is 0 Å². The highest BCUT2D eigenvalue weighted by Gasteiger charge is 2.21. The Hall–Kier alpha value is -16.4. The molecule has 0 unspecified atom stereocenters. The van der Waals surface area contributed by atoms with Crippen LogP contribution in [0.3, 0.4) is 0 Å². The molecular formula is C114H84N12. The molecule has 12 aromatic heterocycles. The van der Waals surface area contributed by atoms with Crippen molar-refractivity contribution in [2.45, 2.75) is 0 Å². The fraction of sp³-hybridized carbons (Fsp3) is 0.0526. The number of hydrogen-bond acceptors (Lipinski definition) is 0. The van der Waals surface area contributed by atoms with Gasteiger partial charge in [0.15, 0.2) is 0 Å². The zero-order valence-electron chi connectivity index (χ0n) is 70.3. The minimum absolute atomic E-state index is 1.20. The van der Waals surface area contributed by atoms with Crippen LogP contribution in [-0.4, -0.2) is 57.3 Å². The maximum absolute atomic E-state index is 3.61. The fourth-order valence-electron chi connectivity index (χ4n) is 21.4. The van der Waals surface area contributed by atoms with Gasteiger partial charge in [0.2, 0.25) is 0 Å². The van der Waals surface area contributed by atoms with E-state index in [4.69, 9.17) is 0 Å². The van der Waals surface area contributed by atoms with Crippen LogP contribution < -0.4 is 0 Å². The molecule has 0 amide bonds. The Balaban J connectivity index is 0.0000000824. The minimum atomic E-state index is 1.20. The van der Waals surface area contributed by atoms with E-state index in [0.717, 1.165) is 0 Å². The second kappa shape index (κ2) is 28.1. The van der Waals surface area contributed by atoms with E-state index >= 15 is 0 Å². The van der Waals surface area contributed by atoms with Crippen LogP contribution in [0.1, 0.15) is 0 Å². The molecule has 12 heterocycles. The van der Waals surface area contributed by atoms with Gasteiger partial charge in [-0.2, -0.15) is 0 Å². The lowest BCUT2D eigenvalue weighted by atomic mass is 10.1. The zero-order chi connectivity index (χ0) is 83.8. The summed E-state index contributed by atoms with van der Waals surface area (Å²) >= 11 is 0. The van der Waals surface area contributed by atoms with E-state index in [1.165, 1.54) is 262 Å². The molecule has 0 atom stereocenters. The molecule has 12 nitrogen and oxygen atoms in total. The Morgan fingerprint density at radius 3 is 0.960 bits per heavy atom. The van der Waals surface area contributed by atoms with Crippen LogP contribution in [0.4, 0.5) is 0 Å². The first-order chi connectivity index (χ1) is 62.0. The quantitative estimate of drug-likeness (QED) is 0.0866. The first-order valence-corrected chi connectivity index (χ1v) is 43.2. The third-order valence-electron chi connectivity index (χ3n) is 27.3. The molecule has 0 bridgehead atoms. The number of H-pyrrole nitrogens is 6. The van der Waals surface area contributed by atoms with Gasteiger partial charge < -0.3 is 57.3 Å². The number of nitrogens with zero attached hydrogens (tertiary/aromatic N) is 6. The summed E-state index contributed by atoms with van der Waals surface area (Å²) in [5.74, 6) is 0. The van der Waals surface area contributed by atoms with Crippen LogP contribution in [0.25, 0.3) is 262 Å². The number of para-hydroxylation sites is 12. The number of fused-ring (bicyclic) bond motifs is 40. The van der Waals surface area contributed by atoms with Crippen LogP contribution >= 0.6 is 0 Å². The SMILES string of the molecule is Cn1c2ccccc2c2c3[nH]c4ccccc4c3ccc21.Cn1c2ccccc2c2c3c(ccc21)[nH]c1ccccc13.Cn1c2ccccc2c2cc3[nH]c4ccccc4c3cc21.Cn1c2ccccc2c2cc3c(cc21)[nH]c1ccccc13.Cn1c2ccccc2c2ccc3[nH]c4ccccc4c3c21.Cn1c2ccccc2c2ccc3c4ccccc4[nH]c3c21. The second-order valence-corrected chi connectivity index (χ2v) is 33.8. The molecule has 0 fully saturated rings. The first kappa shape index (κ1) is 72.4. The summed E-state index contributed by atoms with van der Waals surface area (Å²) < 4.78 is 13.7. The molecule has 12 heteroatoms. The average molecular weight is 1620 g/mol. The molecule has 0 aliphatic carbocycles. The molecule has 0 radical (unpaired) electrons. The summed E-state index contributed by atoms with van der Waals surface area (Å²) in [5.41, 5.74) is 29.9. The van der Waals surface area contributed by atoms with E-state index in [1.54, 1.807) is 0 Å². The molecule has 600 valence electrons. The lowest BCUT2D eigenvalue weighted by Gasteiger charge is -2.00. The Morgan fingerprint density at radius 1 is 0.135 bits per heavy atom. The van der Waals surface area contributed by atoms with E-state index in [0.29, 0.717) is 0 Å². The Kier molecular flexibility index (Phi) is 16.1. The Bertz CT molecular complexity index is 9650. The van der Waals surface area contributed by atoms with Gasteiger partial charge in [0.05, 0.1) is 33.1 Å². The molecule has 30 rings (SSSR count). The predicted molar refractivity (Wildman–Crippen MR) is 539 cm³/mol. The third kappa shape index (κ3) is 10.8. The van der Waals surface area contributed by atoms with Crippen molar-refractivity contribution in [3.63, 3.8) is 0 Å². The van der Waals surface area contributed by atoms with Gasteiger partial charge in [0.1, 0.15) is 0 Å². The van der Waals surface area contributed by atoms with Crippen LogP contribution in [0.2, 0.25) is 0 Å². The molecule has 0 spiro atoms. The number of rotatable bonds is 0. The lowest BCUT2D eigenvalue weighted by molar-refractivity contribution is 1.01. The Labute approximate surface area is 720 Å². The number of nitrogens with one attached hydrogen (secondary N) is 6. The Morgan fingerprint density at radius 2 is 0.429 bits per heavy atom. The van der Waals surface area contributed by atoms with E-state index in [9.17, 15) is 0 Å². The first-order valence-electron chi connectivity index (χ1n) is 43.2. The molecule has 6 N–H and O–H groups in total. The summed E-state index contributed by atoms with van der Waals surface area (Å²) in [4.78, 5) is 21.3.